The molecule has 1 aromatic rings. The van der Waals surface area contributed by atoms with E-state index in [1.165, 1.54) is 5.69 Å². The summed E-state index contributed by atoms with van der Waals surface area (Å²) in [5.74, 6) is 0. The fraction of sp³-hybridized carbons (Fsp3) is 0.667. The topological polar surface area (TPSA) is 28.2 Å². The smallest absolute Gasteiger partial charge is 0.0404 e. The van der Waals surface area contributed by atoms with E-state index in [-0.39, 0.29) is 0 Å². The highest BCUT2D eigenvalue weighted by Gasteiger charge is 2.05. The summed E-state index contributed by atoms with van der Waals surface area (Å²) in [6.07, 6.45) is 4.08. The Morgan fingerprint density at radius 3 is 2.67 bits per heavy atom. The van der Waals surface area contributed by atoms with Crippen molar-refractivity contribution in [2.24, 2.45) is 0 Å². The van der Waals surface area contributed by atoms with Gasteiger partial charge in [-0.05, 0) is 51.5 Å². The maximum atomic E-state index is 4.33. The molecule has 102 valence electrons. The average molecular weight is 249 g/mol. The molecule has 1 heterocycles. The van der Waals surface area contributed by atoms with E-state index in [9.17, 15) is 0 Å². The lowest BCUT2D eigenvalue weighted by Crippen LogP contribution is -2.39. The van der Waals surface area contributed by atoms with Crippen molar-refractivity contribution in [2.45, 2.75) is 39.7 Å². The van der Waals surface area contributed by atoms with Crippen molar-refractivity contribution < 1.29 is 0 Å². The Hall–Kier alpha value is -0.930. The van der Waals surface area contributed by atoms with Crippen LogP contribution >= 0.6 is 0 Å². The Labute approximate surface area is 112 Å². The van der Waals surface area contributed by atoms with E-state index in [0.717, 1.165) is 39.0 Å². The molecule has 0 saturated carbocycles. The predicted octanol–water partition coefficient (Wildman–Crippen LogP) is 2.33. The molecule has 1 rings (SSSR count). The number of aryl methyl sites for hydroxylation is 1. The molecule has 0 aliphatic rings. The minimum Gasteiger partial charge on any atom is -0.313 e. The zero-order chi connectivity index (χ0) is 13.2. The third kappa shape index (κ3) is 6.12. The molecule has 3 heteroatoms. The summed E-state index contributed by atoms with van der Waals surface area (Å²) >= 11 is 0. The fourth-order valence-electron chi connectivity index (χ4n) is 2.10. The Balaban J connectivity index is 2.10. The summed E-state index contributed by atoms with van der Waals surface area (Å²) in [5.41, 5.74) is 1.19. The summed E-state index contributed by atoms with van der Waals surface area (Å²) in [6, 6.07) is 6.68. The second-order valence-electron chi connectivity index (χ2n) is 4.77. The van der Waals surface area contributed by atoms with E-state index in [4.69, 9.17) is 0 Å². The third-order valence-corrected chi connectivity index (χ3v) is 3.26. The quantitative estimate of drug-likeness (QED) is 0.681. The van der Waals surface area contributed by atoms with Crippen LogP contribution in [-0.2, 0) is 6.42 Å². The Morgan fingerprint density at radius 1 is 1.28 bits per heavy atom. The number of rotatable bonds is 9. The molecule has 0 amide bonds. The third-order valence-electron chi connectivity index (χ3n) is 3.26. The summed E-state index contributed by atoms with van der Waals surface area (Å²) in [5, 5.41) is 3.58. The minimum absolute atomic E-state index is 0.564. The molecule has 0 radical (unpaired) electrons. The lowest BCUT2D eigenvalue weighted by atomic mass is 10.2. The molecular formula is C15H27N3. The second-order valence-corrected chi connectivity index (χ2v) is 4.77. The van der Waals surface area contributed by atoms with Gasteiger partial charge < -0.3 is 10.2 Å². The van der Waals surface area contributed by atoms with Gasteiger partial charge in [0.1, 0.15) is 0 Å². The van der Waals surface area contributed by atoms with Crippen LogP contribution < -0.4 is 5.32 Å². The monoisotopic (exact) mass is 249 g/mol. The average Bonchev–Trinajstić information content (AvgIpc) is 2.42. The van der Waals surface area contributed by atoms with Gasteiger partial charge in [-0.3, -0.25) is 4.98 Å². The van der Waals surface area contributed by atoms with Gasteiger partial charge in [-0.25, -0.2) is 0 Å². The van der Waals surface area contributed by atoms with Gasteiger partial charge in [0.05, 0.1) is 0 Å². The van der Waals surface area contributed by atoms with Gasteiger partial charge in [0.15, 0.2) is 0 Å². The van der Waals surface area contributed by atoms with E-state index >= 15 is 0 Å². The van der Waals surface area contributed by atoms with Crippen molar-refractivity contribution in [3.05, 3.63) is 30.1 Å². The molecule has 1 aromatic heterocycles. The highest BCUT2D eigenvalue weighted by Crippen LogP contribution is 1.98. The van der Waals surface area contributed by atoms with E-state index in [1.54, 1.807) is 0 Å². The highest BCUT2D eigenvalue weighted by atomic mass is 15.1. The molecule has 0 aliphatic carbocycles. The normalized spacial score (nSPS) is 12.9. The molecule has 0 saturated heterocycles. The first-order valence-corrected chi connectivity index (χ1v) is 7.11. The van der Waals surface area contributed by atoms with Gasteiger partial charge in [-0.15, -0.1) is 0 Å². The first kappa shape index (κ1) is 15.1. The molecule has 1 atom stereocenters. The lowest BCUT2D eigenvalue weighted by molar-refractivity contribution is 0.271. The van der Waals surface area contributed by atoms with E-state index in [0.29, 0.717) is 6.04 Å². The van der Waals surface area contributed by atoms with Crippen molar-refractivity contribution in [1.82, 2.24) is 15.2 Å². The van der Waals surface area contributed by atoms with Gasteiger partial charge in [-0.2, -0.15) is 0 Å². The lowest BCUT2D eigenvalue weighted by Gasteiger charge is -2.23. The number of nitrogens with zero attached hydrogens (tertiary/aromatic N) is 2. The molecule has 3 nitrogen and oxygen atoms in total. The maximum Gasteiger partial charge on any atom is 0.0404 e. The molecule has 0 bridgehead atoms. The number of pyridine rings is 1. The van der Waals surface area contributed by atoms with Crippen molar-refractivity contribution in [3.63, 3.8) is 0 Å². The summed E-state index contributed by atoms with van der Waals surface area (Å²) in [6.45, 7) is 11.2. The standard InChI is InChI=1S/C15H27N3/c1-4-18(5-2)13-14(3)16-12-8-10-15-9-6-7-11-17-15/h6-7,9,11,14,16H,4-5,8,10,12-13H2,1-3H3. The Bertz CT molecular complexity index is 296. The number of nitrogens with one attached hydrogen (secondary N) is 1. The SMILES string of the molecule is CCN(CC)CC(C)NCCCc1ccccn1. The number of hydrogen-bond donors (Lipinski definition) is 1. The second kappa shape index (κ2) is 9.06. The van der Waals surface area contributed by atoms with Gasteiger partial charge >= 0.3 is 0 Å². The largest absolute Gasteiger partial charge is 0.313 e. The van der Waals surface area contributed by atoms with Crippen LogP contribution in [0.25, 0.3) is 0 Å². The van der Waals surface area contributed by atoms with Crippen LogP contribution in [0.4, 0.5) is 0 Å². The molecule has 18 heavy (non-hydrogen) atoms. The summed E-state index contributed by atoms with van der Waals surface area (Å²) < 4.78 is 0. The van der Waals surface area contributed by atoms with Crippen molar-refractivity contribution in [2.75, 3.05) is 26.2 Å². The number of likely N-dealkylation sites (N-methyl/N-ethyl adjacent to an activating group) is 1. The zero-order valence-corrected chi connectivity index (χ0v) is 12.0. The van der Waals surface area contributed by atoms with E-state index in [1.807, 2.05) is 12.3 Å². The van der Waals surface area contributed by atoms with Gasteiger partial charge in [0, 0.05) is 24.5 Å². The highest BCUT2D eigenvalue weighted by molar-refractivity contribution is 5.03. The molecule has 0 aromatic carbocycles. The minimum atomic E-state index is 0.564. The molecular weight excluding hydrogens is 222 g/mol. The van der Waals surface area contributed by atoms with Crippen LogP contribution in [0.5, 0.6) is 0 Å². The van der Waals surface area contributed by atoms with Gasteiger partial charge in [0.2, 0.25) is 0 Å². The van der Waals surface area contributed by atoms with Crippen molar-refractivity contribution in [3.8, 4) is 0 Å². The summed E-state index contributed by atoms with van der Waals surface area (Å²) in [4.78, 5) is 6.79. The fourth-order valence-corrected chi connectivity index (χ4v) is 2.10. The first-order valence-electron chi connectivity index (χ1n) is 7.11. The van der Waals surface area contributed by atoms with Gasteiger partial charge in [-0.1, -0.05) is 19.9 Å². The Kier molecular flexibility index (Phi) is 7.62. The van der Waals surface area contributed by atoms with Crippen LogP contribution in [0.1, 0.15) is 32.9 Å². The Morgan fingerprint density at radius 2 is 2.06 bits per heavy atom. The number of aromatic nitrogens is 1. The summed E-state index contributed by atoms with van der Waals surface area (Å²) in [7, 11) is 0. The van der Waals surface area contributed by atoms with Crippen LogP contribution in [0, 0.1) is 0 Å². The van der Waals surface area contributed by atoms with Crippen molar-refractivity contribution in [1.29, 1.82) is 0 Å². The zero-order valence-electron chi connectivity index (χ0n) is 12.0. The predicted molar refractivity (Wildman–Crippen MR) is 77.8 cm³/mol. The van der Waals surface area contributed by atoms with E-state index < -0.39 is 0 Å². The molecule has 0 aliphatic heterocycles. The van der Waals surface area contributed by atoms with Crippen LogP contribution in [0.3, 0.4) is 0 Å². The maximum absolute atomic E-state index is 4.33. The molecule has 1 unspecified atom stereocenters. The van der Waals surface area contributed by atoms with Crippen molar-refractivity contribution >= 4 is 0 Å². The van der Waals surface area contributed by atoms with E-state index in [2.05, 4.69) is 48.1 Å². The van der Waals surface area contributed by atoms with Crippen LogP contribution in [0.2, 0.25) is 0 Å². The molecule has 1 N–H and O–H groups in total. The van der Waals surface area contributed by atoms with Crippen LogP contribution in [-0.4, -0.2) is 42.1 Å². The molecule has 0 spiro atoms. The van der Waals surface area contributed by atoms with Gasteiger partial charge in [0.25, 0.3) is 0 Å². The molecule has 0 fully saturated rings. The van der Waals surface area contributed by atoms with Crippen LogP contribution in [0.15, 0.2) is 24.4 Å². The first-order chi connectivity index (χ1) is 8.76. The number of hydrogen-bond acceptors (Lipinski definition) is 3.